The molecule has 1 saturated heterocycles. The molecular formula is C18H25N5O3. The molecule has 0 spiro atoms. The highest BCUT2D eigenvalue weighted by molar-refractivity contribution is 5.93. The lowest BCUT2D eigenvalue weighted by Crippen LogP contribution is -2.45. The van der Waals surface area contributed by atoms with Crippen molar-refractivity contribution in [3.05, 3.63) is 35.7 Å². The molecule has 0 bridgehead atoms. The van der Waals surface area contributed by atoms with E-state index in [1.54, 1.807) is 14.0 Å². The number of nitrogens with zero attached hydrogens (tertiary/aromatic N) is 3. The van der Waals surface area contributed by atoms with E-state index in [0.29, 0.717) is 24.6 Å². The number of benzene rings is 1. The zero-order valence-electron chi connectivity index (χ0n) is 15.2. The van der Waals surface area contributed by atoms with Gasteiger partial charge in [0.2, 0.25) is 0 Å². The summed E-state index contributed by atoms with van der Waals surface area (Å²) in [6, 6.07) is 7.54. The van der Waals surface area contributed by atoms with Crippen LogP contribution in [0.5, 0.6) is 5.75 Å². The number of hydrogen-bond donors (Lipinski definition) is 2. The fourth-order valence-electron chi connectivity index (χ4n) is 2.85. The lowest BCUT2D eigenvalue weighted by molar-refractivity contribution is 0.0924. The molecule has 1 atom stereocenters. The monoisotopic (exact) mass is 359 g/mol. The first-order valence-electron chi connectivity index (χ1n) is 8.85. The average Bonchev–Trinajstić information content (AvgIpc) is 3.05. The van der Waals surface area contributed by atoms with Gasteiger partial charge in [0.05, 0.1) is 18.0 Å². The molecule has 2 aromatic rings. The van der Waals surface area contributed by atoms with Crippen LogP contribution in [0.1, 0.15) is 29.0 Å². The normalized spacial score (nSPS) is 17.1. The van der Waals surface area contributed by atoms with Crippen LogP contribution in [0.4, 0.5) is 0 Å². The summed E-state index contributed by atoms with van der Waals surface area (Å²) in [5.41, 5.74) is 1.73. The van der Waals surface area contributed by atoms with Crippen LogP contribution in [0, 0.1) is 6.92 Å². The van der Waals surface area contributed by atoms with Gasteiger partial charge in [0.15, 0.2) is 5.69 Å². The van der Waals surface area contributed by atoms with Gasteiger partial charge in [-0.3, -0.25) is 4.79 Å². The molecule has 2 N–H and O–H groups in total. The summed E-state index contributed by atoms with van der Waals surface area (Å²) in [7, 11) is 1.64. The summed E-state index contributed by atoms with van der Waals surface area (Å²) < 4.78 is 10.5. The Morgan fingerprint density at radius 3 is 2.81 bits per heavy atom. The molecule has 1 aromatic heterocycles. The van der Waals surface area contributed by atoms with Crippen molar-refractivity contribution >= 4 is 5.91 Å². The van der Waals surface area contributed by atoms with E-state index in [4.69, 9.17) is 9.47 Å². The molecule has 1 amide bonds. The summed E-state index contributed by atoms with van der Waals surface area (Å²) in [6.07, 6.45) is 2.05. The minimum absolute atomic E-state index is 0.143. The van der Waals surface area contributed by atoms with Gasteiger partial charge in [-0.25, -0.2) is 0 Å². The molecule has 3 rings (SSSR count). The Morgan fingerprint density at radius 2 is 2.12 bits per heavy atom. The molecule has 26 heavy (non-hydrogen) atoms. The predicted octanol–water partition coefficient (Wildman–Crippen LogP) is 1.08. The zero-order valence-corrected chi connectivity index (χ0v) is 15.2. The number of methoxy groups -OCH3 is 1. The molecule has 1 aliphatic rings. The van der Waals surface area contributed by atoms with E-state index < -0.39 is 0 Å². The summed E-state index contributed by atoms with van der Waals surface area (Å²) >= 11 is 0. The highest BCUT2D eigenvalue weighted by Gasteiger charge is 2.21. The van der Waals surface area contributed by atoms with Crippen molar-refractivity contribution in [3.8, 4) is 11.4 Å². The molecule has 1 aliphatic heterocycles. The second-order valence-electron chi connectivity index (χ2n) is 6.28. The summed E-state index contributed by atoms with van der Waals surface area (Å²) in [6.45, 7) is 4.63. The number of aromatic nitrogens is 3. The second kappa shape index (κ2) is 8.77. The first-order chi connectivity index (χ1) is 12.7. The Labute approximate surface area is 152 Å². The van der Waals surface area contributed by atoms with E-state index in [-0.39, 0.29) is 11.9 Å². The number of carbonyl (C=O) groups is 1. The van der Waals surface area contributed by atoms with Crippen LogP contribution in [-0.2, 0) is 4.74 Å². The Balaban J connectivity index is 1.66. The lowest BCUT2D eigenvalue weighted by Gasteiger charge is -2.23. The zero-order chi connectivity index (χ0) is 18.4. The minimum Gasteiger partial charge on any atom is -0.491 e. The standard InChI is InChI=1S/C18H25N5O3/c1-13-17(18(24)20-14-4-3-9-19-12-14)22-23(21-13)15-5-7-16(8-6-15)26-11-10-25-2/h5-8,14,19H,3-4,9-12H2,1-2H3,(H,20,24)/t14-/m0/s1. The van der Waals surface area contributed by atoms with Crippen molar-refractivity contribution in [3.63, 3.8) is 0 Å². The Morgan fingerprint density at radius 1 is 1.31 bits per heavy atom. The molecule has 8 heteroatoms. The number of aryl methyl sites for hydroxylation is 1. The SMILES string of the molecule is COCCOc1ccc(-n2nc(C)c(C(=O)N[C@H]3CCCNC3)n2)cc1. The van der Waals surface area contributed by atoms with Gasteiger partial charge in [0.1, 0.15) is 12.4 Å². The van der Waals surface area contributed by atoms with Crippen molar-refractivity contribution in [1.82, 2.24) is 25.6 Å². The van der Waals surface area contributed by atoms with Crippen LogP contribution in [-0.4, -0.2) is 60.4 Å². The van der Waals surface area contributed by atoms with Gasteiger partial charge in [0.25, 0.3) is 5.91 Å². The van der Waals surface area contributed by atoms with Crippen molar-refractivity contribution in [2.45, 2.75) is 25.8 Å². The summed E-state index contributed by atoms with van der Waals surface area (Å²) in [4.78, 5) is 14.0. The van der Waals surface area contributed by atoms with E-state index >= 15 is 0 Å². The van der Waals surface area contributed by atoms with E-state index in [1.807, 2.05) is 24.3 Å². The maximum Gasteiger partial charge on any atom is 0.274 e. The first kappa shape index (κ1) is 18.3. The third-order valence-corrected chi connectivity index (χ3v) is 4.25. The number of amides is 1. The fraction of sp³-hybridized carbons (Fsp3) is 0.500. The first-order valence-corrected chi connectivity index (χ1v) is 8.85. The van der Waals surface area contributed by atoms with Crippen molar-refractivity contribution in [1.29, 1.82) is 0 Å². The molecule has 8 nitrogen and oxygen atoms in total. The lowest BCUT2D eigenvalue weighted by atomic mass is 10.1. The molecule has 0 radical (unpaired) electrons. The van der Waals surface area contributed by atoms with E-state index in [1.165, 1.54) is 4.80 Å². The Bertz CT molecular complexity index is 723. The number of nitrogens with one attached hydrogen (secondary N) is 2. The number of rotatable bonds is 7. The van der Waals surface area contributed by atoms with Crippen molar-refractivity contribution in [2.24, 2.45) is 0 Å². The highest BCUT2D eigenvalue weighted by Crippen LogP contribution is 2.15. The molecule has 140 valence electrons. The Hall–Kier alpha value is -2.45. The van der Waals surface area contributed by atoms with Gasteiger partial charge in [-0.2, -0.15) is 9.90 Å². The number of hydrogen-bond acceptors (Lipinski definition) is 6. The maximum absolute atomic E-state index is 12.5. The smallest absolute Gasteiger partial charge is 0.274 e. The third-order valence-electron chi connectivity index (χ3n) is 4.25. The van der Waals surface area contributed by atoms with Gasteiger partial charge < -0.3 is 20.1 Å². The predicted molar refractivity (Wildman–Crippen MR) is 96.8 cm³/mol. The van der Waals surface area contributed by atoms with Crippen LogP contribution in [0.2, 0.25) is 0 Å². The van der Waals surface area contributed by atoms with Gasteiger partial charge in [-0.05, 0) is 50.6 Å². The molecule has 2 heterocycles. The van der Waals surface area contributed by atoms with Crippen LogP contribution >= 0.6 is 0 Å². The molecule has 0 saturated carbocycles. The van der Waals surface area contributed by atoms with E-state index in [0.717, 1.165) is 37.4 Å². The summed E-state index contributed by atoms with van der Waals surface area (Å²) in [5, 5.41) is 15.0. The maximum atomic E-state index is 12.5. The average molecular weight is 359 g/mol. The number of carbonyl (C=O) groups excluding carboxylic acids is 1. The molecule has 0 unspecified atom stereocenters. The van der Waals surface area contributed by atoms with Gasteiger partial charge in [-0.1, -0.05) is 0 Å². The largest absolute Gasteiger partial charge is 0.491 e. The van der Waals surface area contributed by atoms with Crippen LogP contribution in [0.25, 0.3) is 5.69 Å². The second-order valence-corrected chi connectivity index (χ2v) is 6.28. The highest BCUT2D eigenvalue weighted by atomic mass is 16.5. The van der Waals surface area contributed by atoms with E-state index in [9.17, 15) is 4.79 Å². The minimum atomic E-state index is -0.179. The van der Waals surface area contributed by atoms with Crippen LogP contribution in [0.3, 0.4) is 0 Å². The van der Waals surface area contributed by atoms with Gasteiger partial charge in [0, 0.05) is 19.7 Å². The number of piperidine rings is 1. The van der Waals surface area contributed by atoms with E-state index in [2.05, 4.69) is 20.8 Å². The van der Waals surface area contributed by atoms with Crippen LogP contribution in [0.15, 0.2) is 24.3 Å². The number of ether oxygens (including phenoxy) is 2. The molecule has 1 fully saturated rings. The topological polar surface area (TPSA) is 90.3 Å². The quantitative estimate of drug-likeness (QED) is 0.719. The van der Waals surface area contributed by atoms with Crippen molar-refractivity contribution < 1.29 is 14.3 Å². The van der Waals surface area contributed by atoms with Crippen molar-refractivity contribution in [2.75, 3.05) is 33.4 Å². The molecule has 1 aromatic carbocycles. The van der Waals surface area contributed by atoms with Gasteiger partial charge >= 0.3 is 0 Å². The van der Waals surface area contributed by atoms with Gasteiger partial charge in [-0.15, -0.1) is 5.10 Å². The van der Waals surface area contributed by atoms with Crippen LogP contribution < -0.4 is 15.4 Å². The Kier molecular flexibility index (Phi) is 6.19. The fourth-order valence-corrected chi connectivity index (χ4v) is 2.85. The molecular weight excluding hydrogens is 334 g/mol. The summed E-state index contributed by atoms with van der Waals surface area (Å²) in [5.74, 6) is 0.569. The molecule has 0 aliphatic carbocycles. The third kappa shape index (κ3) is 4.59.